The van der Waals surface area contributed by atoms with Gasteiger partial charge in [0, 0.05) is 39.8 Å². The first-order valence-electron chi connectivity index (χ1n) is 10.6. The Hall–Kier alpha value is -4.19. The first-order valence-corrected chi connectivity index (χ1v) is 12.5. The molecule has 9 nitrogen and oxygen atoms in total. The van der Waals surface area contributed by atoms with Gasteiger partial charge < -0.3 is 16.4 Å². The van der Waals surface area contributed by atoms with Crippen LogP contribution in [0.25, 0.3) is 5.57 Å². The van der Waals surface area contributed by atoms with Crippen molar-refractivity contribution in [3.63, 3.8) is 0 Å². The van der Waals surface area contributed by atoms with Crippen LogP contribution in [0.1, 0.15) is 27.0 Å². The molecular weight excluding hydrogens is 498 g/mol. The van der Waals surface area contributed by atoms with Crippen LogP contribution >= 0.6 is 12.6 Å². The van der Waals surface area contributed by atoms with Crippen LogP contribution in [0.3, 0.4) is 0 Å². The van der Waals surface area contributed by atoms with Gasteiger partial charge in [-0.15, -0.1) is 12.6 Å². The van der Waals surface area contributed by atoms with Crippen molar-refractivity contribution in [1.82, 2.24) is 9.97 Å². The monoisotopic (exact) mass is 517 g/mol. The number of rotatable bonds is 5. The molecule has 0 bridgehead atoms. The number of ketones is 1. The molecule has 5 N–H and O–H groups in total. The lowest BCUT2D eigenvalue weighted by atomic mass is 9.80. The van der Waals surface area contributed by atoms with Crippen molar-refractivity contribution in [2.75, 3.05) is 16.4 Å². The number of nitrogen functional groups attached to an aromatic ring is 1. The number of thiol groups is 1. The third-order valence-electron chi connectivity index (χ3n) is 5.72. The van der Waals surface area contributed by atoms with E-state index in [2.05, 4.69) is 39.8 Å². The van der Waals surface area contributed by atoms with E-state index < -0.39 is 20.8 Å². The van der Waals surface area contributed by atoms with Crippen LogP contribution in [-0.4, -0.2) is 28.7 Å². The molecule has 1 aromatic heterocycles. The summed E-state index contributed by atoms with van der Waals surface area (Å²) in [7, 11) is -4.74. The Balaban J connectivity index is 1.62. The van der Waals surface area contributed by atoms with Crippen molar-refractivity contribution in [2.24, 2.45) is 0 Å². The van der Waals surface area contributed by atoms with E-state index in [1.54, 1.807) is 60.9 Å². The molecule has 180 valence electrons. The minimum absolute atomic E-state index is 0.0399. The number of carbonyl (C=O) groups is 1. The molecule has 5 rings (SSSR count). The molecule has 1 aliphatic carbocycles. The fourth-order valence-corrected chi connectivity index (χ4v) is 5.02. The molecule has 0 radical (unpaired) electrons. The van der Waals surface area contributed by atoms with Crippen molar-refractivity contribution < 1.29 is 17.8 Å². The number of anilines is 5. The first kappa shape index (κ1) is 23.5. The van der Waals surface area contributed by atoms with Crippen LogP contribution in [0.2, 0.25) is 0 Å². The normalized spacial score (nSPS) is 12.6. The summed E-state index contributed by atoms with van der Waals surface area (Å²) in [6, 6.07) is 14.9. The van der Waals surface area contributed by atoms with E-state index in [0.29, 0.717) is 44.5 Å². The Morgan fingerprint density at radius 2 is 1.61 bits per heavy atom. The zero-order valence-electron chi connectivity index (χ0n) is 18.6. The number of hydrogen-bond acceptors (Lipinski definition) is 9. The van der Waals surface area contributed by atoms with E-state index in [-0.39, 0.29) is 16.9 Å². The number of benzene rings is 3. The fourth-order valence-electron chi connectivity index (χ4n) is 4.10. The zero-order valence-corrected chi connectivity index (χ0v) is 20.3. The number of nitrogens with one attached hydrogen (secondary N) is 2. The quantitative estimate of drug-likeness (QED) is 0.127. The second-order valence-corrected chi connectivity index (χ2v) is 9.84. The summed E-state index contributed by atoms with van der Waals surface area (Å²) in [5.74, 6) is -0.0660. The van der Waals surface area contributed by atoms with Crippen LogP contribution in [0.4, 0.5) is 28.7 Å². The highest BCUT2D eigenvalue weighted by Gasteiger charge is 2.33. The van der Waals surface area contributed by atoms with E-state index >= 15 is 0 Å². The predicted octanol–water partition coefficient (Wildman–Crippen LogP) is 4.69. The number of hydrogen-bond donors (Lipinski definition) is 5. The number of nitrogens with two attached hydrogens (primary N) is 1. The molecule has 0 aliphatic heterocycles. The summed E-state index contributed by atoms with van der Waals surface area (Å²) < 4.78 is 34.1. The number of aromatic nitrogens is 2. The van der Waals surface area contributed by atoms with E-state index in [1.165, 1.54) is 6.07 Å². The second kappa shape index (κ2) is 8.79. The third kappa shape index (κ3) is 4.09. The summed E-state index contributed by atoms with van der Waals surface area (Å²) in [6.45, 7) is 4.15. The molecule has 0 saturated heterocycles. The number of nitrogens with zero attached hydrogens (tertiary/aromatic N) is 2. The van der Waals surface area contributed by atoms with Gasteiger partial charge in [0.1, 0.15) is 4.90 Å². The van der Waals surface area contributed by atoms with E-state index in [4.69, 9.17) is 5.73 Å². The summed E-state index contributed by atoms with van der Waals surface area (Å²) in [5, 5.41) is 6.19. The Kier molecular flexibility index (Phi) is 5.75. The Bertz CT molecular complexity index is 1670. The molecule has 0 fully saturated rings. The maximum Gasteiger partial charge on any atom is 0.296 e. The van der Waals surface area contributed by atoms with Gasteiger partial charge >= 0.3 is 0 Å². The van der Waals surface area contributed by atoms with Gasteiger partial charge in [-0.2, -0.15) is 8.42 Å². The highest BCUT2D eigenvalue weighted by Crippen LogP contribution is 2.44. The lowest BCUT2D eigenvalue weighted by Crippen LogP contribution is -2.20. The maximum absolute atomic E-state index is 13.4. The minimum atomic E-state index is -4.74. The lowest BCUT2D eigenvalue weighted by Gasteiger charge is -2.26. The third-order valence-corrected chi connectivity index (χ3v) is 6.99. The molecule has 1 heterocycles. The van der Waals surface area contributed by atoms with Crippen LogP contribution in [-0.2, 0) is 10.1 Å². The van der Waals surface area contributed by atoms with E-state index in [1.807, 2.05) is 0 Å². The van der Waals surface area contributed by atoms with Gasteiger partial charge in [-0.25, -0.2) is 9.97 Å². The van der Waals surface area contributed by atoms with Crippen molar-refractivity contribution in [1.29, 1.82) is 0 Å². The van der Waals surface area contributed by atoms with E-state index in [9.17, 15) is 17.8 Å². The highest BCUT2D eigenvalue weighted by molar-refractivity contribution is 7.86. The smallest absolute Gasteiger partial charge is 0.296 e. The summed E-state index contributed by atoms with van der Waals surface area (Å²) in [5.41, 5.74) is 8.94. The van der Waals surface area contributed by atoms with Gasteiger partial charge in [0.2, 0.25) is 5.95 Å². The first-order chi connectivity index (χ1) is 17.1. The average Bonchev–Trinajstić information content (AvgIpc) is 2.85. The Morgan fingerprint density at radius 1 is 0.917 bits per heavy atom. The summed E-state index contributed by atoms with van der Waals surface area (Å²) in [6.07, 6.45) is 3.21. The molecule has 36 heavy (non-hydrogen) atoms. The van der Waals surface area contributed by atoms with Gasteiger partial charge in [0.15, 0.2) is 5.78 Å². The fraction of sp³-hybridized carbons (Fsp3) is 0. The van der Waals surface area contributed by atoms with Gasteiger partial charge in [-0.05, 0) is 41.5 Å². The Labute approximate surface area is 212 Å². The zero-order chi connectivity index (χ0) is 25.6. The van der Waals surface area contributed by atoms with Gasteiger partial charge in [-0.1, -0.05) is 30.8 Å². The van der Waals surface area contributed by atoms with Gasteiger partial charge in [-0.3, -0.25) is 9.35 Å². The van der Waals surface area contributed by atoms with Crippen LogP contribution in [0, 0.1) is 0 Å². The molecule has 0 spiro atoms. The van der Waals surface area contributed by atoms with Crippen molar-refractivity contribution in [2.45, 2.75) is 9.79 Å². The van der Waals surface area contributed by atoms with Crippen LogP contribution in [0.15, 0.2) is 83.4 Å². The average molecular weight is 518 g/mol. The second-order valence-electron chi connectivity index (χ2n) is 7.97. The molecule has 0 unspecified atom stereocenters. The number of carbonyl (C=O) groups excluding carboxylic acids is 1. The van der Waals surface area contributed by atoms with E-state index in [0.717, 1.165) is 0 Å². The SMILES string of the molecule is C=C1c2ccccc2C(=O)c2c(N)c(S(=O)(=O)O)cc(Nc3ccc(Nc4ncccn4)c(S)c3)c21. The summed E-state index contributed by atoms with van der Waals surface area (Å²) in [4.78, 5) is 21.6. The van der Waals surface area contributed by atoms with Crippen molar-refractivity contribution >= 4 is 62.8 Å². The van der Waals surface area contributed by atoms with Gasteiger partial charge in [0.25, 0.3) is 10.1 Å². The maximum atomic E-state index is 13.4. The molecule has 1 aliphatic rings. The topological polar surface area (TPSA) is 147 Å². The molecule has 0 saturated carbocycles. The molecule has 3 aromatic carbocycles. The van der Waals surface area contributed by atoms with Crippen molar-refractivity contribution in [3.8, 4) is 0 Å². The number of fused-ring (bicyclic) bond motifs is 2. The minimum Gasteiger partial charge on any atom is -0.397 e. The Morgan fingerprint density at radius 3 is 2.28 bits per heavy atom. The van der Waals surface area contributed by atoms with Crippen LogP contribution in [0.5, 0.6) is 0 Å². The highest BCUT2D eigenvalue weighted by atomic mass is 32.2. The van der Waals surface area contributed by atoms with Crippen LogP contribution < -0.4 is 16.4 Å². The molecule has 0 atom stereocenters. The molecular formula is C25H19N5O4S2. The summed E-state index contributed by atoms with van der Waals surface area (Å²) >= 11 is 4.53. The molecule has 4 aromatic rings. The standard InChI is InChI=1S/C25H19N5O4S2/c1-13-15-5-2-3-6-16(15)24(31)22-21(13)18(12-20(23(22)26)36(32,33)34)29-14-7-8-17(19(35)11-14)30-25-27-9-4-10-28-25/h2-12,29,35H,1,26H2,(H,27,28,30)(H,32,33,34). The molecule has 11 heteroatoms. The lowest BCUT2D eigenvalue weighted by molar-refractivity contribution is 0.103. The largest absolute Gasteiger partial charge is 0.397 e. The van der Waals surface area contributed by atoms with Crippen molar-refractivity contribution in [3.05, 3.63) is 95.8 Å². The molecule has 0 amide bonds. The predicted molar refractivity (Wildman–Crippen MR) is 141 cm³/mol. The van der Waals surface area contributed by atoms with Gasteiger partial charge in [0.05, 0.1) is 16.9 Å².